The number of carboxylic acids is 1. The maximum absolute atomic E-state index is 13.5. The van der Waals surface area contributed by atoms with Gasteiger partial charge in [0.05, 0.1) is 41.6 Å². The lowest BCUT2D eigenvalue weighted by Gasteiger charge is -2.32. The summed E-state index contributed by atoms with van der Waals surface area (Å²) in [5.41, 5.74) is 0.999. The fourth-order valence-corrected chi connectivity index (χ4v) is 4.16. The van der Waals surface area contributed by atoms with Gasteiger partial charge in [-0.05, 0) is 51.3 Å². The van der Waals surface area contributed by atoms with E-state index in [1.807, 2.05) is 26.8 Å². The van der Waals surface area contributed by atoms with E-state index in [2.05, 4.69) is 5.10 Å². The van der Waals surface area contributed by atoms with Crippen molar-refractivity contribution in [1.29, 1.82) is 0 Å². The van der Waals surface area contributed by atoms with Crippen LogP contribution < -0.4 is 0 Å². The predicted molar refractivity (Wildman–Crippen MR) is 115 cm³/mol. The zero-order valence-electron chi connectivity index (χ0n) is 18.8. The lowest BCUT2D eigenvalue weighted by atomic mass is 9.99. The van der Waals surface area contributed by atoms with Gasteiger partial charge in [0.2, 0.25) is 0 Å². The van der Waals surface area contributed by atoms with E-state index in [4.69, 9.17) is 4.74 Å². The highest BCUT2D eigenvalue weighted by Gasteiger charge is 2.50. The van der Waals surface area contributed by atoms with E-state index in [1.54, 1.807) is 45.9 Å². The van der Waals surface area contributed by atoms with Gasteiger partial charge in [-0.1, -0.05) is 12.1 Å². The van der Waals surface area contributed by atoms with Gasteiger partial charge in [0, 0.05) is 13.6 Å². The summed E-state index contributed by atoms with van der Waals surface area (Å²) in [5.74, 6) is -1.19. The van der Waals surface area contributed by atoms with Crippen molar-refractivity contribution in [3.05, 3.63) is 52.8 Å². The quantitative estimate of drug-likeness (QED) is 0.783. The normalized spacial score (nSPS) is 16.8. The molecule has 0 atom stereocenters. The summed E-state index contributed by atoms with van der Waals surface area (Å²) in [6.45, 7) is 6.63. The van der Waals surface area contributed by atoms with Crippen molar-refractivity contribution in [3.63, 3.8) is 0 Å². The number of hydrogen-bond donors (Lipinski definition) is 1. The fraction of sp³-hybridized carbons (Fsp3) is 0.478. The molecule has 4 rings (SSSR count). The van der Waals surface area contributed by atoms with Crippen molar-refractivity contribution >= 4 is 18.0 Å². The maximum Gasteiger partial charge on any atom is 0.410 e. The molecule has 2 aliphatic rings. The molecule has 9 heteroatoms. The van der Waals surface area contributed by atoms with Crippen molar-refractivity contribution in [1.82, 2.24) is 19.6 Å². The molecule has 1 aliphatic heterocycles. The summed E-state index contributed by atoms with van der Waals surface area (Å²) in [7, 11) is 1.74. The van der Waals surface area contributed by atoms with Crippen molar-refractivity contribution in [2.75, 3.05) is 13.6 Å². The topological polar surface area (TPSA) is 105 Å². The molecule has 1 aromatic carbocycles. The van der Waals surface area contributed by atoms with Crippen LogP contribution in [0.5, 0.6) is 0 Å². The minimum Gasteiger partial charge on any atom is -0.478 e. The molecule has 0 radical (unpaired) electrons. The number of nitrogens with zero attached hydrogens (tertiary/aromatic N) is 4. The van der Waals surface area contributed by atoms with Crippen LogP contribution in [-0.2, 0) is 23.4 Å². The molecule has 0 unspecified atom stereocenters. The van der Waals surface area contributed by atoms with Crippen molar-refractivity contribution < 1.29 is 24.2 Å². The van der Waals surface area contributed by atoms with E-state index in [1.165, 1.54) is 0 Å². The standard InChI is InChI=1S/C23H28N4O5/c1-22(2,3)32-21(31)26-10-11-27-18(14-26)17(13-24-27)19(28)25(4)23(8-9-23)16-7-5-6-15(12-16)20(29)30/h5-7,12-13H,8-11,14H2,1-4H3,(H,29,30). The van der Waals surface area contributed by atoms with Crippen molar-refractivity contribution in [2.45, 2.75) is 57.8 Å². The van der Waals surface area contributed by atoms with Crippen LogP contribution >= 0.6 is 0 Å². The van der Waals surface area contributed by atoms with Gasteiger partial charge in [0.25, 0.3) is 5.91 Å². The molecule has 2 heterocycles. The van der Waals surface area contributed by atoms with E-state index >= 15 is 0 Å². The lowest BCUT2D eigenvalue weighted by molar-refractivity contribution is 0.0192. The predicted octanol–water partition coefficient (Wildman–Crippen LogP) is 3.09. The van der Waals surface area contributed by atoms with Crippen LogP contribution in [0.1, 0.15) is 65.6 Å². The molecule has 1 aliphatic carbocycles. The van der Waals surface area contributed by atoms with Crippen LogP contribution in [0.3, 0.4) is 0 Å². The van der Waals surface area contributed by atoms with Gasteiger partial charge in [-0.2, -0.15) is 5.10 Å². The molecule has 170 valence electrons. The second-order valence-electron chi connectivity index (χ2n) is 9.41. The molecule has 1 N–H and O–H groups in total. The molecule has 0 spiro atoms. The van der Waals surface area contributed by atoms with Gasteiger partial charge in [-0.15, -0.1) is 0 Å². The molecule has 0 saturated heterocycles. The summed E-state index contributed by atoms with van der Waals surface area (Å²) in [4.78, 5) is 40.7. The number of carboxylic acid groups (broad SMARTS) is 1. The Morgan fingerprint density at radius 2 is 1.91 bits per heavy atom. The zero-order valence-corrected chi connectivity index (χ0v) is 18.8. The third-order valence-electron chi connectivity index (χ3n) is 6.07. The first-order chi connectivity index (χ1) is 15.0. The number of fused-ring (bicyclic) bond motifs is 1. The van der Waals surface area contributed by atoms with Gasteiger partial charge in [0.1, 0.15) is 5.60 Å². The van der Waals surface area contributed by atoms with Gasteiger partial charge in [-0.3, -0.25) is 9.48 Å². The number of carbonyl (C=O) groups is 3. The minimum atomic E-state index is -0.996. The van der Waals surface area contributed by atoms with Gasteiger partial charge < -0.3 is 19.6 Å². The summed E-state index contributed by atoms with van der Waals surface area (Å²) >= 11 is 0. The molecule has 1 aromatic heterocycles. The highest BCUT2D eigenvalue weighted by atomic mass is 16.6. The Balaban J connectivity index is 1.57. The van der Waals surface area contributed by atoms with Crippen molar-refractivity contribution in [2.24, 2.45) is 0 Å². The number of ether oxygens (including phenoxy) is 1. The number of amides is 2. The third kappa shape index (κ3) is 3.94. The molecule has 1 fully saturated rings. The summed E-state index contributed by atoms with van der Waals surface area (Å²) in [5, 5.41) is 13.7. The molecular weight excluding hydrogens is 412 g/mol. The molecular formula is C23H28N4O5. The van der Waals surface area contributed by atoms with Gasteiger partial charge in [0.15, 0.2) is 0 Å². The number of aromatic nitrogens is 2. The highest BCUT2D eigenvalue weighted by Crippen LogP contribution is 2.51. The smallest absolute Gasteiger partial charge is 0.410 e. The van der Waals surface area contributed by atoms with E-state index in [-0.39, 0.29) is 18.0 Å². The van der Waals surface area contributed by atoms with Crippen LogP contribution in [0, 0.1) is 0 Å². The number of benzene rings is 1. The average Bonchev–Trinajstić information content (AvgIpc) is 3.44. The van der Waals surface area contributed by atoms with E-state index in [9.17, 15) is 19.5 Å². The molecule has 0 bridgehead atoms. The maximum atomic E-state index is 13.5. The van der Waals surface area contributed by atoms with Gasteiger partial charge >= 0.3 is 12.1 Å². The van der Waals surface area contributed by atoms with Crippen LogP contribution in [-0.4, -0.2) is 61.9 Å². The minimum absolute atomic E-state index is 0.199. The molecule has 32 heavy (non-hydrogen) atoms. The summed E-state index contributed by atoms with van der Waals surface area (Å²) in [6.07, 6.45) is 2.65. The van der Waals surface area contributed by atoms with Gasteiger partial charge in [-0.25, -0.2) is 9.59 Å². The second-order valence-corrected chi connectivity index (χ2v) is 9.41. The Morgan fingerprint density at radius 3 is 2.53 bits per heavy atom. The Hall–Kier alpha value is -3.36. The Labute approximate surface area is 186 Å². The number of aromatic carboxylic acids is 1. The van der Waals surface area contributed by atoms with Crippen LogP contribution in [0.4, 0.5) is 4.79 Å². The van der Waals surface area contributed by atoms with E-state index in [0.29, 0.717) is 24.3 Å². The van der Waals surface area contributed by atoms with Crippen LogP contribution in [0.2, 0.25) is 0 Å². The lowest BCUT2D eigenvalue weighted by Crippen LogP contribution is -2.43. The molecule has 2 aromatic rings. The number of carbonyl (C=O) groups excluding carboxylic acids is 2. The molecule has 1 saturated carbocycles. The Kier molecular flexibility index (Phi) is 5.22. The monoisotopic (exact) mass is 440 g/mol. The average molecular weight is 441 g/mol. The first kappa shape index (κ1) is 21.9. The summed E-state index contributed by atoms with van der Waals surface area (Å²) < 4.78 is 7.24. The Bertz CT molecular complexity index is 1080. The first-order valence-corrected chi connectivity index (χ1v) is 10.7. The highest BCUT2D eigenvalue weighted by molar-refractivity contribution is 5.96. The van der Waals surface area contributed by atoms with E-state index < -0.39 is 23.2 Å². The number of rotatable bonds is 4. The van der Waals surface area contributed by atoms with Crippen LogP contribution in [0.15, 0.2) is 30.5 Å². The Morgan fingerprint density at radius 1 is 1.19 bits per heavy atom. The first-order valence-electron chi connectivity index (χ1n) is 10.7. The second kappa shape index (κ2) is 7.65. The molecule has 9 nitrogen and oxygen atoms in total. The SMILES string of the molecule is CN(C(=O)c1cnn2c1CN(C(=O)OC(C)(C)C)CC2)C1(c2cccc(C(=O)O)c2)CC1. The van der Waals surface area contributed by atoms with E-state index in [0.717, 1.165) is 18.4 Å². The fourth-order valence-electron chi connectivity index (χ4n) is 4.16. The zero-order chi connectivity index (χ0) is 23.3. The third-order valence-corrected chi connectivity index (χ3v) is 6.07. The largest absolute Gasteiger partial charge is 0.478 e. The molecule has 2 amide bonds. The van der Waals surface area contributed by atoms with Crippen LogP contribution in [0.25, 0.3) is 0 Å². The summed E-state index contributed by atoms with van der Waals surface area (Å²) in [6, 6.07) is 6.75. The van der Waals surface area contributed by atoms with Crippen molar-refractivity contribution in [3.8, 4) is 0 Å². The number of hydrogen-bond acceptors (Lipinski definition) is 5.